The Morgan fingerprint density at radius 3 is 2.55 bits per heavy atom. The van der Waals surface area contributed by atoms with Crippen molar-refractivity contribution in [3.63, 3.8) is 0 Å². The van der Waals surface area contributed by atoms with Crippen molar-refractivity contribution in [2.45, 2.75) is 18.3 Å². The van der Waals surface area contributed by atoms with Crippen molar-refractivity contribution in [3.05, 3.63) is 30.3 Å². The number of hydrogen-bond donors (Lipinski definition) is 0. The molecule has 0 amide bonds. The Bertz CT molecular complexity index is 196. The fourth-order valence-corrected chi connectivity index (χ4v) is 2.67. The molecule has 1 rings (SSSR count). The molecule has 0 fully saturated rings. The van der Waals surface area contributed by atoms with E-state index >= 15 is 0 Å². The minimum atomic E-state index is -0.0908. The Hall–Kier alpha value is -0.273. The van der Waals surface area contributed by atoms with Crippen molar-refractivity contribution < 1.29 is 0 Å². The first-order chi connectivity index (χ1) is 5.29. The van der Waals surface area contributed by atoms with E-state index in [0.717, 1.165) is 0 Å². The Balaban J connectivity index is 2.39. The van der Waals surface area contributed by atoms with Gasteiger partial charge in [0.05, 0.1) is 9.52 Å². The molecule has 1 unspecified atom stereocenters. The Kier molecular flexibility index (Phi) is 3.67. The fraction of sp³-hybridized carbons (Fsp3) is 0.333. The van der Waals surface area contributed by atoms with E-state index in [1.54, 1.807) is 0 Å². The number of benzene rings is 1. The molecule has 0 bridgehead atoms. The number of halogens is 1. The van der Waals surface area contributed by atoms with E-state index in [0.29, 0.717) is 5.38 Å². The molecule has 0 heterocycles. The third-order valence-electron chi connectivity index (χ3n) is 1.67. The predicted molar refractivity (Wildman–Crippen MR) is 54.7 cm³/mol. The van der Waals surface area contributed by atoms with Gasteiger partial charge < -0.3 is 0 Å². The lowest BCUT2D eigenvalue weighted by atomic mass is 10.4. The zero-order valence-electron chi connectivity index (χ0n) is 6.76. The lowest BCUT2D eigenvalue weighted by molar-refractivity contribution is 1.09. The SMILES string of the molecule is CC(Cl)C[SiH2]c1ccccc1. The van der Waals surface area contributed by atoms with Crippen molar-refractivity contribution in [2.75, 3.05) is 0 Å². The van der Waals surface area contributed by atoms with Gasteiger partial charge in [-0.15, -0.1) is 11.6 Å². The molecular weight excluding hydrogens is 172 g/mol. The van der Waals surface area contributed by atoms with Crippen LogP contribution in [0, 0.1) is 0 Å². The summed E-state index contributed by atoms with van der Waals surface area (Å²) in [5.74, 6) is 0. The van der Waals surface area contributed by atoms with Crippen molar-refractivity contribution in [1.82, 2.24) is 0 Å². The van der Waals surface area contributed by atoms with Crippen LogP contribution in [0.4, 0.5) is 0 Å². The summed E-state index contributed by atoms with van der Waals surface area (Å²) in [5, 5.41) is 1.86. The van der Waals surface area contributed by atoms with E-state index in [1.165, 1.54) is 11.2 Å². The normalized spacial score (nSPS) is 14.0. The molecule has 0 aliphatic heterocycles. The molecule has 0 saturated carbocycles. The van der Waals surface area contributed by atoms with Gasteiger partial charge in [0.15, 0.2) is 0 Å². The van der Waals surface area contributed by atoms with Gasteiger partial charge in [-0.2, -0.15) is 0 Å². The van der Waals surface area contributed by atoms with Crippen LogP contribution in [0.1, 0.15) is 6.92 Å². The second-order valence-electron chi connectivity index (χ2n) is 2.81. The van der Waals surface area contributed by atoms with Crippen LogP contribution in [0.5, 0.6) is 0 Å². The van der Waals surface area contributed by atoms with Crippen molar-refractivity contribution in [3.8, 4) is 0 Å². The van der Waals surface area contributed by atoms with Gasteiger partial charge in [0.2, 0.25) is 0 Å². The molecule has 0 saturated heterocycles. The Labute approximate surface area is 75.4 Å². The average Bonchev–Trinajstić information content (AvgIpc) is 2.03. The zero-order chi connectivity index (χ0) is 8.10. The first kappa shape index (κ1) is 8.82. The maximum atomic E-state index is 5.86. The lowest BCUT2D eigenvalue weighted by Crippen LogP contribution is -2.15. The van der Waals surface area contributed by atoms with Crippen LogP contribution in [0.2, 0.25) is 6.04 Å². The molecule has 2 heteroatoms. The maximum Gasteiger partial charge on any atom is 0.0561 e. The van der Waals surface area contributed by atoms with Gasteiger partial charge in [0, 0.05) is 5.38 Å². The molecule has 0 aromatic heterocycles. The van der Waals surface area contributed by atoms with E-state index in [4.69, 9.17) is 11.6 Å². The fourth-order valence-electron chi connectivity index (χ4n) is 1.01. The first-order valence-corrected chi connectivity index (χ1v) is 6.11. The predicted octanol–water partition coefficient (Wildman–Crippen LogP) is 1.53. The topological polar surface area (TPSA) is 0 Å². The molecule has 0 N–H and O–H groups in total. The van der Waals surface area contributed by atoms with E-state index in [1.807, 2.05) is 0 Å². The highest BCUT2D eigenvalue weighted by atomic mass is 35.5. The summed E-state index contributed by atoms with van der Waals surface area (Å²) >= 11 is 5.86. The summed E-state index contributed by atoms with van der Waals surface area (Å²) in [6.45, 7) is 2.07. The molecule has 1 aromatic carbocycles. The Morgan fingerprint density at radius 2 is 2.00 bits per heavy atom. The van der Waals surface area contributed by atoms with E-state index in [-0.39, 0.29) is 9.52 Å². The highest BCUT2D eigenvalue weighted by Gasteiger charge is 1.97. The standard InChI is InChI=1S/C9H13ClSi/c1-8(10)7-11-9-5-3-2-4-6-9/h2-6,8H,7,11H2,1H3. The van der Waals surface area contributed by atoms with Gasteiger partial charge in [0.1, 0.15) is 0 Å². The number of hydrogen-bond acceptors (Lipinski definition) is 0. The van der Waals surface area contributed by atoms with Crippen molar-refractivity contribution in [1.29, 1.82) is 0 Å². The quantitative estimate of drug-likeness (QED) is 0.494. The highest BCUT2D eigenvalue weighted by Crippen LogP contribution is 1.98. The molecule has 1 atom stereocenters. The van der Waals surface area contributed by atoms with Crippen LogP contribution in [0.15, 0.2) is 30.3 Å². The lowest BCUT2D eigenvalue weighted by Gasteiger charge is -2.00. The van der Waals surface area contributed by atoms with Crippen LogP contribution in [-0.2, 0) is 0 Å². The van der Waals surface area contributed by atoms with Gasteiger partial charge in [-0.05, 0) is 13.0 Å². The van der Waals surface area contributed by atoms with Crippen LogP contribution in [0.25, 0.3) is 0 Å². The third kappa shape index (κ3) is 3.59. The van der Waals surface area contributed by atoms with Crippen LogP contribution in [0.3, 0.4) is 0 Å². The smallest absolute Gasteiger partial charge is 0.0561 e. The summed E-state index contributed by atoms with van der Waals surface area (Å²) in [4.78, 5) is 0. The average molecular weight is 185 g/mol. The summed E-state index contributed by atoms with van der Waals surface area (Å²) < 4.78 is 0. The molecular formula is C9H13ClSi. The van der Waals surface area contributed by atoms with E-state index in [9.17, 15) is 0 Å². The number of alkyl halides is 1. The minimum absolute atomic E-state index is 0.0908. The second-order valence-corrected chi connectivity index (χ2v) is 5.44. The largest absolute Gasteiger partial charge is 0.124 e. The van der Waals surface area contributed by atoms with E-state index in [2.05, 4.69) is 37.3 Å². The van der Waals surface area contributed by atoms with E-state index < -0.39 is 0 Å². The molecule has 1 aromatic rings. The molecule has 0 nitrogen and oxygen atoms in total. The molecule has 0 radical (unpaired) electrons. The maximum absolute atomic E-state index is 5.86. The number of rotatable bonds is 3. The van der Waals surface area contributed by atoms with Crippen LogP contribution >= 0.6 is 11.6 Å². The van der Waals surface area contributed by atoms with Gasteiger partial charge >= 0.3 is 0 Å². The first-order valence-electron chi connectivity index (χ1n) is 3.97. The molecule has 0 aliphatic carbocycles. The van der Waals surface area contributed by atoms with Gasteiger partial charge in [-0.1, -0.05) is 35.5 Å². The summed E-state index contributed by atoms with van der Waals surface area (Å²) in [6, 6.07) is 11.9. The molecule has 11 heavy (non-hydrogen) atoms. The minimum Gasteiger partial charge on any atom is -0.124 e. The molecule has 60 valence electrons. The summed E-state index contributed by atoms with van der Waals surface area (Å²) in [7, 11) is -0.0908. The van der Waals surface area contributed by atoms with Crippen molar-refractivity contribution >= 4 is 26.3 Å². The third-order valence-corrected chi connectivity index (χ3v) is 4.46. The molecule has 0 spiro atoms. The highest BCUT2D eigenvalue weighted by molar-refractivity contribution is 6.54. The van der Waals surface area contributed by atoms with Crippen molar-refractivity contribution in [2.24, 2.45) is 0 Å². The van der Waals surface area contributed by atoms with Gasteiger partial charge in [0.25, 0.3) is 0 Å². The van der Waals surface area contributed by atoms with Crippen LogP contribution in [-0.4, -0.2) is 14.9 Å². The summed E-state index contributed by atoms with van der Waals surface area (Å²) in [5.41, 5.74) is 0. The molecule has 0 aliphatic rings. The van der Waals surface area contributed by atoms with Crippen LogP contribution < -0.4 is 5.19 Å². The van der Waals surface area contributed by atoms with Gasteiger partial charge in [-0.3, -0.25) is 0 Å². The second kappa shape index (κ2) is 4.57. The summed E-state index contributed by atoms with van der Waals surface area (Å²) in [6.07, 6.45) is 0. The monoisotopic (exact) mass is 184 g/mol. The Morgan fingerprint density at radius 1 is 1.36 bits per heavy atom. The van der Waals surface area contributed by atoms with Gasteiger partial charge in [-0.25, -0.2) is 0 Å². The zero-order valence-corrected chi connectivity index (χ0v) is 8.93.